The van der Waals surface area contributed by atoms with E-state index in [1.807, 2.05) is 6.08 Å². The van der Waals surface area contributed by atoms with Crippen LogP contribution in [0.25, 0.3) is 0 Å². The van der Waals surface area contributed by atoms with E-state index in [4.69, 9.17) is 0 Å². The van der Waals surface area contributed by atoms with Gasteiger partial charge in [-0.25, -0.2) is 19.1 Å². The van der Waals surface area contributed by atoms with Crippen molar-refractivity contribution in [1.82, 2.24) is 0 Å². The zero-order valence-corrected chi connectivity index (χ0v) is 14.9. The van der Waals surface area contributed by atoms with E-state index in [2.05, 4.69) is 27.7 Å². The van der Waals surface area contributed by atoms with Gasteiger partial charge >= 0.3 is 0 Å². The second kappa shape index (κ2) is 29.2. The van der Waals surface area contributed by atoms with Crippen molar-refractivity contribution < 1.29 is 65.4 Å². The standard InChI is InChI=1S/C6H13.C5H9.2Y/c1-3-5-6-4-2;1-3-5-4-2;;/h1,3-6H2,2H3;3,5H,1,4H2,2H3;;/q2*-1;;/b;5-3+;;. The molecule has 0 fully saturated rings. The van der Waals surface area contributed by atoms with Crippen molar-refractivity contribution in [1.29, 1.82) is 0 Å². The average molecular weight is 332 g/mol. The quantitative estimate of drug-likeness (QED) is 0.535. The second-order valence-corrected chi connectivity index (χ2v) is 2.44. The summed E-state index contributed by atoms with van der Waals surface area (Å²) in [5, 5.41) is 0. The Kier molecular flexibility index (Phi) is 54.3. The Balaban J connectivity index is -0.0000000546. The zero-order valence-electron chi connectivity index (χ0n) is 9.26. The number of unbranched alkanes of at least 4 members (excludes halogenated alkanes) is 3. The molecule has 0 atom stereocenters. The Hall–Kier alpha value is 1.82. The van der Waals surface area contributed by atoms with Crippen molar-refractivity contribution in [3.05, 3.63) is 26.0 Å². The molecule has 0 spiro atoms. The molecule has 2 heteroatoms. The maximum absolute atomic E-state index is 3.72. The molecule has 0 bridgehead atoms. The Labute approximate surface area is 135 Å². The molecular formula is C11H22Y2-2. The molecule has 0 nitrogen and oxygen atoms in total. The normalized spacial score (nSPS) is 7.92. The van der Waals surface area contributed by atoms with Gasteiger partial charge in [-0.1, -0.05) is 33.1 Å². The summed E-state index contributed by atoms with van der Waals surface area (Å²) in [5.74, 6) is 0. The first-order valence-corrected chi connectivity index (χ1v) is 4.56. The molecule has 74 valence electrons. The van der Waals surface area contributed by atoms with Crippen molar-refractivity contribution >= 4 is 0 Å². The summed E-state index contributed by atoms with van der Waals surface area (Å²) in [6.45, 7) is 11.5. The van der Waals surface area contributed by atoms with Crippen LogP contribution in [0.2, 0.25) is 0 Å². The van der Waals surface area contributed by atoms with Gasteiger partial charge in [0.15, 0.2) is 0 Å². The molecule has 0 N–H and O–H groups in total. The first kappa shape index (κ1) is 24.2. The first-order valence-electron chi connectivity index (χ1n) is 4.56. The summed E-state index contributed by atoms with van der Waals surface area (Å²) < 4.78 is 0. The minimum Gasteiger partial charge on any atom is -0.343 e. The first-order chi connectivity index (χ1) is 5.33. The van der Waals surface area contributed by atoms with Crippen molar-refractivity contribution in [2.45, 2.75) is 46.0 Å². The van der Waals surface area contributed by atoms with E-state index in [1.165, 1.54) is 19.3 Å². The van der Waals surface area contributed by atoms with Gasteiger partial charge in [-0.15, -0.1) is 6.42 Å². The number of hydrogen-bond acceptors (Lipinski definition) is 0. The third-order valence-electron chi connectivity index (χ3n) is 1.26. The van der Waals surface area contributed by atoms with Gasteiger partial charge in [0, 0.05) is 65.4 Å². The maximum Gasteiger partial charge on any atom is 0 e. The van der Waals surface area contributed by atoms with Gasteiger partial charge in [0.05, 0.1) is 0 Å². The van der Waals surface area contributed by atoms with Crippen LogP contribution in [0.4, 0.5) is 0 Å². The fourth-order valence-electron chi connectivity index (χ4n) is 0.593. The van der Waals surface area contributed by atoms with Gasteiger partial charge in [0.2, 0.25) is 0 Å². The molecule has 0 aliphatic heterocycles. The Morgan fingerprint density at radius 3 is 1.69 bits per heavy atom. The Morgan fingerprint density at radius 2 is 1.62 bits per heavy atom. The van der Waals surface area contributed by atoms with Crippen molar-refractivity contribution in [2.75, 3.05) is 0 Å². The average Bonchev–Trinajstić information content (AvgIpc) is 2.04. The van der Waals surface area contributed by atoms with Crippen molar-refractivity contribution in [2.24, 2.45) is 0 Å². The molecule has 0 amide bonds. The van der Waals surface area contributed by atoms with Gasteiger partial charge < -0.3 is 6.92 Å². The van der Waals surface area contributed by atoms with Gasteiger partial charge in [0.1, 0.15) is 0 Å². The van der Waals surface area contributed by atoms with Crippen LogP contribution in [-0.4, -0.2) is 0 Å². The van der Waals surface area contributed by atoms with Gasteiger partial charge in [-0.3, -0.25) is 0 Å². The molecule has 0 aromatic rings. The topological polar surface area (TPSA) is 0 Å². The van der Waals surface area contributed by atoms with Crippen LogP contribution >= 0.6 is 0 Å². The fourth-order valence-corrected chi connectivity index (χ4v) is 0.593. The van der Waals surface area contributed by atoms with Gasteiger partial charge in [0.25, 0.3) is 0 Å². The largest absolute Gasteiger partial charge is 0.343 e. The van der Waals surface area contributed by atoms with E-state index < -0.39 is 0 Å². The van der Waals surface area contributed by atoms with Crippen LogP contribution in [-0.2, 0) is 65.4 Å². The minimum atomic E-state index is 0. The van der Waals surface area contributed by atoms with Crippen molar-refractivity contribution in [3.8, 4) is 0 Å². The molecule has 0 saturated carbocycles. The summed E-state index contributed by atoms with van der Waals surface area (Å²) in [5.41, 5.74) is 0. The second-order valence-electron chi connectivity index (χ2n) is 2.44. The molecule has 0 heterocycles. The molecule has 0 aliphatic carbocycles. The van der Waals surface area contributed by atoms with E-state index in [-0.39, 0.29) is 65.4 Å². The zero-order chi connectivity index (χ0) is 8.95. The van der Waals surface area contributed by atoms with Gasteiger partial charge in [-0.2, -0.15) is 6.42 Å². The van der Waals surface area contributed by atoms with Crippen LogP contribution in [0.3, 0.4) is 0 Å². The van der Waals surface area contributed by atoms with Crippen LogP contribution in [0.1, 0.15) is 46.0 Å². The van der Waals surface area contributed by atoms with E-state index in [1.54, 1.807) is 6.08 Å². The fraction of sp³-hybridized carbons (Fsp3) is 0.636. The third-order valence-corrected chi connectivity index (χ3v) is 1.26. The van der Waals surface area contributed by atoms with Crippen LogP contribution in [0.5, 0.6) is 0 Å². The summed E-state index contributed by atoms with van der Waals surface area (Å²) in [6, 6.07) is 0. The molecule has 2 radical (unpaired) electrons. The Morgan fingerprint density at radius 1 is 1.08 bits per heavy atom. The van der Waals surface area contributed by atoms with Crippen LogP contribution < -0.4 is 0 Å². The van der Waals surface area contributed by atoms with E-state index in [9.17, 15) is 0 Å². The predicted molar refractivity (Wildman–Crippen MR) is 54.3 cm³/mol. The predicted octanol–water partition coefficient (Wildman–Crippen LogP) is 4.18. The summed E-state index contributed by atoms with van der Waals surface area (Å²) in [6.07, 6.45) is 9.99. The maximum atomic E-state index is 3.72. The number of rotatable bonds is 4. The third kappa shape index (κ3) is 41.5. The van der Waals surface area contributed by atoms with E-state index >= 15 is 0 Å². The molecule has 0 aromatic heterocycles. The molecule has 0 saturated heterocycles. The SMILES string of the molecule is [CH2-]/C=C/CC.[CH2-]CCCCC.[Y].[Y]. The van der Waals surface area contributed by atoms with E-state index in [0.717, 1.165) is 12.8 Å². The molecule has 0 unspecified atom stereocenters. The van der Waals surface area contributed by atoms with Crippen LogP contribution in [0, 0.1) is 13.8 Å². The molecule has 0 rings (SSSR count). The molecular weight excluding hydrogens is 310 g/mol. The van der Waals surface area contributed by atoms with Crippen molar-refractivity contribution in [3.63, 3.8) is 0 Å². The molecule has 13 heavy (non-hydrogen) atoms. The molecule has 0 aromatic carbocycles. The summed E-state index contributed by atoms with van der Waals surface area (Å²) >= 11 is 0. The Bertz CT molecular complexity index is 66.5. The summed E-state index contributed by atoms with van der Waals surface area (Å²) in [4.78, 5) is 0. The minimum absolute atomic E-state index is 0. The monoisotopic (exact) mass is 332 g/mol. The number of allylic oxidation sites excluding steroid dienone is 2. The van der Waals surface area contributed by atoms with E-state index in [0.29, 0.717) is 0 Å². The number of hydrogen-bond donors (Lipinski definition) is 0. The van der Waals surface area contributed by atoms with Crippen LogP contribution in [0.15, 0.2) is 12.2 Å². The summed E-state index contributed by atoms with van der Waals surface area (Å²) in [7, 11) is 0. The van der Waals surface area contributed by atoms with Gasteiger partial charge in [-0.05, 0) is 0 Å². The molecule has 0 aliphatic rings. The smallest absolute Gasteiger partial charge is 0 e.